The van der Waals surface area contributed by atoms with E-state index in [0.717, 1.165) is 42.7 Å². The van der Waals surface area contributed by atoms with Crippen molar-refractivity contribution in [3.8, 4) is 5.75 Å². The topological polar surface area (TPSA) is 108 Å². The molecule has 156 valence electrons. The number of furan rings is 1. The van der Waals surface area contributed by atoms with Gasteiger partial charge in [-0.05, 0) is 43.2 Å². The molecule has 1 amide bonds. The number of piperidine rings is 1. The molecule has 8 nitrogen and oxygen atoms in total. The molecule has 0 radical (unpaired) electrons. The second-order valence-electron chi connectivity index (χ2n) is 7.21. The molecular weight excluding hydrogens is 386 g/mol. The van der Waals surface area contributed by atoms with Crippen LogP contribution in [0.4, 0.5) is 5.82 Å². The highest BCUT2D eigenvalue weighted by Crippen LogP contribution is 2.29. The normalized spacial score (nSPS) is 14.6. The van der Waals surface area contributed by atoms with Crippen molar-refractivity contribution in [3.63, 3.8) is 0 Å². The minimum absolute atomic E-state index is 0.0659. The highest BCUT2D eigenvalue weighted by Gasteiger charge is 2.24. The molecule has 30 heavy (non-hydrogen) atoms. The lowest BCUT2D eigenvalue weighted by molar-refractivity contribution is -0.122. The second kappa shape index (κ2) is 8.44. The molecule has 4 rings (SSSR count). The summed E-state index contributed by atoms with van der Waals surface area (Å²) in [4.78, 5) is 29.9. The van der Waals surface area contributed by atoms with Gasteiger partial charge in [0.05, 0.1) is 7.11 Å². The fraction of sp³-hybridized carbons (Fsp3) is 0.318. The van der Waals surface area contributed by atoms with Crippen LogP contribution in [0, 0.1) is 5.92 Å². The van der Waals surface area contributed by atoms with Crippen LogP contribution in [-0.4, -0.2) is 37.1 Å². The predicted molar refractivity (Wildman–Crippen MR) is 110 cm³/mol. The molecule has 2 N–H and O–H groups in total. The van der Waals surface area contributed by atoms with Gasteiger partial charge in [0.2, 0.25) is 11.7 Å². The Kier molecular flexibility index (Phi) is 5.56. The zero-order chi connectivity index (χ0) is 21.1. The Morgan fingerprint density at radius 2 is 1.97 bits per heavy atom. The van der Waals surface area contributed by atoms with Gasteiger partial charge in [0, 0.05) is 24.4 Å². The first-order valence-corrected chi connectivity index (χ1v) is 9.79. The number of aromatic nitrogens is 1. The number of primary amides is 1. The minimum Gasteiger partial charge on any atom is -0.483 e. The molecule has 3 aromatic rings. The van der Waals surface area contributed by atoms with Crippen molar-refractivity contribution in [2.75, 3.05) is 25.1 Å². The maximum atomic E-state index is 11.5. The Morgan fingerprint density at radius 3 is 2.70 bits per heavy atom. The lowest BCUT2D eigenvalue weighted by atomic mass is 9.96. The van der Waals surface area contributed by atoms with Gasteiger partial charge in [0.25, 0.3) is 0 Å². The van der Waals surface area contributed by atoms with Crippen LogP contribution in [0.2, 0.25) is 0 Å². The number of anilines is 1. The molecule has 1 aliphatic heterocycles. The Labute approximate surface area is 173 Å². The van der Waals surface area contributed by atoms with E-state index in [4.69, 9.17) is 19.9 Å². The molecule has 1 aromatic carbocycles. The van der Waals surface area contributed by atoms with Crippen LogP contribution in [0.1, 0.15) is 29.2 Å². The van der Waals surface area contributed by atoms with E-state index in [9.17, 15) is 9.59 Å². The second-order valence-corrected chi connectivity index (χ2v) is 7.21. The number of amides is 1. The van der Waals surface area contributed by atoms with Gasteiger partial charge in [-0.1, -0.05) is 12.1 Å². The van der Waals surface area contributed by atoms with E-state index < -0.39 is 5.97 Å². The molecule has 2 aromatic heterocycles. The number of hydrogen-bond acceptors (Lipinski definition) is 7. The Morgan fingerprint density at radius 1 is 1.17 bits per heavy atom. The third kappa shape index (κ3) is 4.07. The largest absolute Gasteiger partial charge is 0.483 e. The number of ether oxygens (including phenoxy) is 2. The van der Waals surface area contributed by atoms with Gasteiger partial charge in [-0.25, -0.2) is 9.78 Å². The van der Waals surface area contributed by atoms with Crippen molar-refractivity contribution in [2.24, 2.45) is 11.7 Å². The average Bonchev–Trinajstić information content (AvgIpc) is 3.26. The molecule has 0 bridgehead atoms. The predicted octanol–water partition coefficient (Wildman–Crippen LogP) is 2.90. The SMILES string of the molecule is COC(=O)c1ccc(COc2cccc3ccc(N4CCC(C(N)=O)CC4)nc23)o1. The van der Waals surface area contributed by atoms with Crippen LogP contribution in [0.15, 0.2) is 46.9 Å². The summed E-state index contributed by atoms with van der Waals surface area (Å²) >= 11 is 0. The number of para-hydroxylation sites is 1. The van der Waals surface area contributed by atoms with Gasteiger partial charge in [-0.15, -0.1) is 0 Å². The van der Waals surface area contributed by atoms with E-state index >= 15 is 0 Å². The highest BCUT2D eigenvalue weighted by atomic mass is 16.5. The number of hydrogen-bond donors (Lipinski definition) is 1. The molecule has 0 spiro atoms. The number of carbonyl (C=O) groups is 2. The monoisotopic (exact) mass is 409 g/mol. The van der Waals surface area contributed by atoms with Crippen LogP contribution in [-0.2, 0) is 16.1 Å². The Hall–Kier alpha value is -3.55. The highest BCUT2D eigenvalue weighted by molar-refractivity contribution is 5.86. The number of nitrogens with two attached hydrogens (primary N) is 1. The van der Waals surface area contributed by atoms with Crippen LogP contribution in [0.5, 0.6) is 5.75 Å². The van der Waals surface area contributed by atoms with Gasteiger partial charge in [0.15, 0.2) is 0 Å². The fourth-order valence-electron chi connectivity index (χ4n) is 3.61. The van der Waals surface area contributed by atoms with Gasteiger partial charge >= 0.3 is 5.97 Å². The van der Waals surface area contributed by atoms with Crippen molar-refractivity contribution in [1.29, 1.82) is 0 Å². The van der Waals surface area contributed by atoms with Crippen molar-refractivity contribution in [2.45, 2.75) is 19.4 Å². The first-order chi connectivity index (χ1) is 14.5. The number of benzene rings is 1. The van der Waals surface area contributed by atoms with Crippen LogP contribution in [0.25, 0.3) is 10.9 Å². The molecule has 3 heterocycles. The summed E-state index contributed by atoms with van der Waals surface area (Å²) in [6.07, 6.45) is 1.46. The summed E-state index contributed by atoms with van der Waals surface area (Å²) in [6.45, 7) is 1.63. The molecular formula is C22H23N3O5. The number of nitrogens with zero attached hydrogens (tertiary/aromatic N) is 2. The van der Waals surface area contributed by atoms with Crippen LogP contribution >= 0.6 is 0 Å². The number of pyridine rings is 1. The fourth-order valence-corrected chi connectivity index (χ4v) is 3.61. The van der Waals surface area contributed by atoms with E-state index in [-0.39, 0.29) is 24.2 Å². The van der Waals surface area contributed by atoms with E-state index in [1.54, 1.807) is 12.1 Å². The number of carbonyl (C=O) groups excluding carboxylic acids is 2. The average molecular weight is 409 g/mol. The molecule has 8 heteroatoms. The lowest BCUT2D eigenvalue weighted by Gasteiger charge is -2.31. The van der Waals surface area contributed by atoms with E-state index in [1.807, 2.05) is 30.3 Å². The van der Waals surface area contributed by atoms with E-state index in [2.05, 4.69) is 9.64 Å². The maximum Gasteiger partial charge on any atom is 0.373 e. The van der Waals surface area contributed by atoms with Gasteiger partial charge in [0.1, 0.15) is 29.5 Å². The molecule has 1 aliphatic rings. The van der Waals surface area contributed by atoms with Crippen molar-refractivity contribution >= 4 is 28.6 Å². The lowest BCUT2D eigenvalue weighted by Crippen LogP contribution is -2.38. The molecule has 1 fully saturated rings. The summed E-state index contributed by atoms with van der Waals surface area (Å²) in [7, 11) is 1.30. The molecule has 0 aliphatic carbocycles. The molecule has 0 unspecified atom stereocenters. The first-order valence-electron chi connectivity index (χ1n) is 9.79. The van der Waals surface area contributed by atoms with Gasteiger partial charge < -0.3 is 24.5 Å². The standard InChI is InChI=1S/C22H23N3O5/c1-28-22(27)18-7-6-16(30-18)13-29-17-4-2-3-14-5-8-19(24-20(14)17)25-11-9-15(10-12-25)21(23)26/h2-8,15H,9-13H2,1H3,(H2,23,26). The number of methoxy groups -OCH3 is 1. The summed E-state index contributed by atoms with van der Waals surface area (Å²) in [5.74, 6) is 1.28. The smallest absolute Gasteiger partial charge is 0.373 e. The third-order valence-corrected chi connectivity index (χ3v) is 5.31. The van der Waals surface area contributed by atoms with Crippen molar-refractivity contribution in [1.82, 2.24) is 4.98 Å². The van der Waals surface area contributed by atoms with Crippen LogP contribution in [0.3, 0.4) is 0 Å². The molecule has 0 saturated carbocycles. The quantitative estimate of drug-likeness (QED) is 0.624. The maximum absolute atomic E-state index is 11.5. The minimum atomic E-state index is -0.530. The summed E-state index contributed by atoms with van der Waals surface area (Å²) in [5, 5.41) is 0.956. The van der Waals surface area contributed by atoms with Crippen molar-refractivity contribution < 1.29 is 23.5 Å². The summed E-state index contributed by atoms with van der Waals surface area (Å²) in [5.41, 5.74) is 6.17. The first kappa shape index (κ1) is 19.8. The summed E-state index contributed by atoms with van der Waals surface area (Å²) < 4.78 is 16.0. The zero-order valence-electron chi connectivity index (χ0n) is 16.7. The zero-order valence-corrected chi connectivity index (χ0v) is 16.7. The van der Waals surface area contributed by atoms with Crippen LogP contribution < -0.4 is 15.4 Å². The van der Waals surface area contributed by atoms with Crippen molar-refractivity contribution in [3.05, 3.63) is 54.0 Å². The molecule has 1 saturated heterocycles. The summed E-state index contributed by atoms with van der Waals surface area (Å²) in [6, 6.07) is 12.9. The van der Waals surface area contributed by atoms with E-state index in [0.29, 0.717) is 11.5 Å². The Balaban J connectivity index is 1.51. The van der Waals surface area contributed by atoms with Gasteiger partial charge in [-0.3, -0.25) is 4.79 Å². The number of fused-ring (bicyclic) bond motifs is 1. The third-order valence-electron chi connectivity index (χ3n) is 5.31. The van der Waals surface area contributed by atoms with E-state index in [1.165, 1.54) is 7.11 Å². The Bertz CT molecular complexity index is 1070. The van der Waals surface area contributed by atoms with Gasteiger partial charge in [-0.2, -0.15) is 0 Å². The number of rotatable bonds is 6. The molecule has 0 atom stereocenters. The number of esters is 1.